The minimum Gasteiger partial charge on any atom is -0.467 e. The quantitative estimate of drug-likeness (QED) is 0.644. The molecule has 0 bridgehead atoms. The van der Waals surface area contributed by atoms with Crippen molar-refractivity contribution in [3.63, 3.8) is 0 Å². The minimum atomic E-state index is -0.662. The van der Waals surface area contributed by atoms with Crippen molar-refractivity contribution in [2.24, 2.45) is 0 Å². The molecule has 0 aromatic heterocycles. The Morgan fingerprint density at radius 1 is 0.926 bits per heavy atom. The van der Waals surface area contributed by atoms with Gasteiger partial charge in [-0.1, -0.05) is 66.7 Å². The standard InChI is InChI=1S/C23H23NO3/c1-27-23(26)21(16-7-11-17-9-3-2-4-10-17)24-22(25)20-15-8-13-18-12-5-6-14-19(18)20/h2-6,8-10,12-15,21H,7,11,16H2,1H3,(H,24,25)/t21-/m1/s1. The number of benzene rings is 3. The number of aryl methyl sites for hydroxylation is 1. The molecule has 0 saturated heterocycles. The van der Waals surface area contributed by atoms with Gasteiger partial charge in [0.15, 0.2) is 0 Å². The van der Waals surface area contributed by atoms with Crippen LogP contribution in [0.15, 0.2) is 72.8 Å². The van der Waals surface area contributed by atoms with Gasteiger partial charge in [0.2, 0.25) is 0 Å². The van der Waals surface area contributed by atoms with E-state index in [2.05, 4.69) is 17.4 Å². The number of ether oxygens (including phenoxy) is 1. The van der Waals surface area contributed by atoms with Crippen LogP contribution in [0.3, 0.4) is 0 Å². The SMILES string of the molecule is COC(=O)[C@@H](CCCc1ccccc1)NC(=O)c1cccc2ccccc12. The van der Waals surface area contributed by atoms with Crippen LogP contribution in [0.25, 0.3) is 10.8 Å². The highest BCUT2D eigenvalue weighted by molar-refractivity contribution is 6.07. The zero-order chi connectivity index (χ0) is 19.1. The number of hydrogen-bond donors (Lipinski definition) is 1. The Kier molecular flexibility index (Phi) is 6.21. The Labute approximate surface area is 159 Å². The predicted octanol–water partition coefficient (Wildman–Crippen LogP) is 4.13. The largest absolute Gasteiger partial charge is 0.467 e. The van der Waals surface area contributed by atoms with Crippen LogP contribution >= 0.6 is 0 Å². The normalized spacial score (nSPS) is 11.7. The molecule has 0 aliphatic carbocycles. The van der Waals surface area contributed by atoms with Crippen LogP contribution < -0.4 is 5.32 Å². The second-order valence-electron chi connectivity index (χ2n) is 6.45. The van der Waals surface area contributed by atoms with Gasteiger partial charge in [0.05, 0.1) is 7.11 Å². The molecule has 3 rings (SSSR count). The topological polar surface area (TPSA) is 55.4 Å². The van der Waals surface area contributed by atoms with E-state index in [1.165, 1.54) is 12.7 Å². The highest BCUT2D eigenvalue weighted by Crippen LogP contribution is 2.19. The van der Waals surface area contributed by atoms with Gasteiger partial charge < -0.3 is 10.1 Å². The van der Waals surface area contributed by atoms with Crippen molar-refractivity contribution >= 4 is 22.6 Å². The van der Waals surface area contributed by atoms with Crippen LogP contribution in [0.5, 0.6) is 0 Å². The van der Waals surface area contributed by atoms with E-state index in [9.17, 15) is 9.59 Å². The molecule has 1 N–H and O–H groups in total. The van der Waals surface area contributed by atoms with Crippen molar-refractivity contribution in [2.75, 3.05) is 7.11 Å². The first kappa shape index (κ1) is 18.6. The molecule has 0 spiro atoms. The average Bonchev–Trinajstić information content (AvgIpc) is 2.72. The summed E-state index contributed by atoms with van der Waals surface area (Å²) in [5.74, 6) is -0.682. The van der Waals surface area contributed by atoms with E-state index in [4.69, 9.17) is 4.74 Å². The van der Waals surface area contributed by atoms with Gasteiger partial charge >= 0.3 is 5.97 Å². The number of esters is 1. The van der Waals surface area contributed by atoms with Crippen LogP contribution in [0, 0.1) is 0 Å². The number of rotatable bonds is 7. The Bertz CT molecular complexity index is 916. The molecule has 138 valence electrons. The Hall–Kier alpha value is -3.14. The van der Waals surface area contributed by atoms with Crippen LogP contribution in [-0.2, 0) is 16.0 Å². The molecule has 0 aliphatic rings. The number of amides is 1. The fraction of sp³-hybridized carbons (Fsp3) is 0.217. The second-order valence-corrected chi connectivity index (χ2v) is 6.45. The number of carbonyl (C=O) groups excluding carboxylic acids is 2. The predicted molar refractivity (Wildman–Crippen MR) is 107 cm³/mol. The van der Waals surface area contributed by atoms with Crippen molar-refractivity contribution in [3.8, 4) is 0 Å². The zero-order valence-corrected chi connectivity index (χ0v) is 15.4. The summed E-state index contributed by atoms with van der Waals surface area (Å²) in [6.45, 7) is 0. The van der Waals surface area contributed by atoms with Gasteiger partial charge in [0.25, 0.3) is 5.91 Å². The molecule has 1 atom stereocenters. The van der Waals surface area contributed by atoms with Crippen molar-refractivity contribution < 1.29 is 14.3 Å². The van der Waals surface area contributed by atoms with Gasteiger partial charge in [0, 0.05) is 5.56 Å². The minimum absolute atomic E-state index is 0.262. The number of fused-ring (bicyclic) bond motifs is 1. The molecule has 0 fully saturated rings. The number of hydrogen-bond acceptors (Lipinski definition) is 3. The van der Waals surface area contributed by atoms with Gasteiger partial charge in [-0.25, -0.2) is 4.79 Å². The van der Waals surface area contributed by atoms with E-state index in [1.807, 2.05) is 54.6 Å². The number of nitrogens with one attached hydrogen (secondary N) is 1. The van der Waals surface area contributed by atoms with Crippen molar-refractivity contribution in [3.05, 3.63) is 83.9 Å². The highest BCUT2D eigenvalue weighted by atomic mass is 16.5. The fourth-order valence-corrected chi connectivity index (χ4v) is 3.21. The Morgan fingerprint density at radius 2 is 1.63 bits per heavy atom. The summed E-state index contributed by atoms with van der Waals surface area (Å²) in [6.07, 6.45) is 2.15. The Morgan fingerprint density at radius 3 is 2.41 bits per heavy atom. The third kappa shape index (κ3) is 4.73. The van der Waals surface area contributed by atoms with Gasteiger partial charge in [-0.15, -0.1) is 0 Å². The van der Waals surface area contributed by atoms with E-state index >= 15 is 0 Å². The lowest BCUT2D eigenvalue weighted by molar-refractivity contribution is -0.143. The molecule has 0 saturated carbocycles. The summed E-state index contributed by atoms with van der Waals surface area (Å²) in [4.78, 5) is 25.0. The van der Waals surface area contributed by atoms with Gasteiger partial charge in [-0.05, 0) is 41.7 Å². The van der Waals surface area contributed by atoms with E-state index < -0.39 is 12.0 Å². The van der Waals surface area contributed by atoms with E-state index in [-0.39, 0.29) is 5.91 Å². The lowest BCUT2D eigenvalue weighted by atomic mass is 10.0. The summed E-state index contributed by atoms with van der Waals surface area (Å²) in [5, 5.41) is 4.70. The van der Waals surface area contributed by atoms with E-state index in [0.717, 1.165) is 23.6 Å². The molecule has 27 heavy (non-hydrogen) atoms. The summed E-state index contributed by atoms with van der Waals surface area (Å²) < 4.78 is 4.89. The van der Waals surface area contributed by atoms with Crippen LogP contribution in [0.2, 0.25) is 0 Å². The van der Waals surface area contributed by atoms with Crippen LogP contribution in [0.1, 0.15) is 28.8 Å². The molecular weight excluding hydrogens is 338 g/mol. The number of methoxy groups -OCH3 is 1. The van der Waals surface area contributed by atoms with Crippen molar-refractivity contribution in [1.82, 2.24) is 5.32 Å². The zero-order valence-electron chi connectivity index (χ0n) is 15.4. The molecule has 4 heteroatoms. The van der Waals surface area contributed by atoms with Crippen LogP contribution in [0.4, 0.5) is 0 Å². The lowest BCUT2D eigenvalue weighted by Crippen LogP contribution is -2.41. The first-order valence-corrected chi connectivity index (χ1v) is 9.09. The van der Waals surface area contributed by atoms with E-state index in [0.29, 0.717) is 12.0 Å². The van der Waals surface area contributed by atoms with Crippen LogP contribution in [-0.4, -0.2) is 25.0 Å². The number of carbonyl (C=O) groups is 2. The second kappa shape index (κ2) is 8.99. The van der Waals surface area contributed by atoms with Crippen molar-refractivity contribution in [2.45, 2.75) is 25.3 Å². The smallest absolute Gasteiger partial charge is 0.328 e. The summed E-state index contributed by atoms with van der Waals surface area (Å²) in [5.41, 5.74) is 1.77. The molecule has 0 radical (unpaired) electrons. The first-order valence-electron chi connectivity index (χ1n) is 9.09. The van der Waals surface area contributed by atoms with Gasteiger partial charge in [-0.3, -0.25) is 4.79 Å². The molecule has 0 heterocycles. The lowest BCUT2D eigenvalue weighted by Gasteiger charge is -2.17. The molecule has 4 nitrogen and oxygen atoms in total. The first-order chi connectivity index (χ1) is 13.2. The maximum absolute atomic E-state index is 12.8. The molecule has 3 aromatic rings. The van der Waals surface area contributed by atoms with E-state index in [1.54, 1.807) is 6.07 Å². The Balaban J connectivity index is 1.70. The summed E-state index contributed by atoms with van der Waals surface area (Å²) >= 11 is 0. The monoisotopic (exact) mass is 361 g/mol. The fourth-order valence-electron chi connectivity index (χ4n) is 3.21. The summed E-state index contributed by atoms with van der Waals surface area (Å²) in [6, 6.07) is 22.7. The molecule has 3 aromatic carbocycles. The van der Waals surface area contributed by atoms with Gasteiger partial charge in [-0.2, -0.15) is 0 Å². The third-order valence-electron chi connectivity index (χ3n) is 4.63. The van der Waals surface area contributed by atoms with Gasteiger partial charge in [0.1, 0.15) is 6.04 Å². The third-order valence-corrected chi connectivity index (χ3v) is 4.63. The maximum Gasteiger partial charge on any atom is 0.328 e. The average molecular weight is 361 g/mol. The summed E-state index contributed by atoms with van der Waals surface area (Å²) in [7, 11) is 1.34. The molecular formula is C23H23NO3. The molecule has 0 unspecified atom stereocenters. The highest BCUT2D eigenvalue weighted by Gasteiger charge is 2.22. The molecule has 1 amide bonds. The maximum atomic E-state index is 12.8. The van der Waals surface area contributed by atoms with Crippen molar-refractivity contribution in [1.29, 1.82) is 0 Å². The molecule has 0 aliphatic heterocycles.